The number of rotatable bonds is 1. The van der Waals surface area contributed by atoms with E-state index in [2.05, 4.69) is 18.7 Å². The topological polar surface area (TPSA) is 29.3 Å². The Morgan fingerprint density at radius 3 is 2.38 bits per heavy atom. The van der Waals surface area contributed by atoms with Crippen molar-refractivity contribution in [1.29, 1.82) is 0 Å². The Morgan fingerprint density at radius 1 is 1.19 bits per heavy atom. The molecule has 1 aliphatic rings. The molecule has 0 spiro atoms. The lowest BCUT2D eigenvalue weighted by Gasteiger charge is -2.38. The molecule has 1 saturated heterocycles. The molecule has 0 aliphatic carbocycles. The molecule has 0 saturated carbocycles. The van der Waals surface area contributed by atoms with Gasteiger partial charge < -0.3 is 10.6 Å². The van der Waals surface area contributed by atoms with Crippen LogP contribution in [0.15, 0.2) is 18.2 Å². The molecule has 0 unspecified atom stereocenters. The van der Waals surface area contributed by atoms with Crippen LogP contribution in [0.2, 0.25) is 0 Å². The van der Waals surface area contributed by atoms with Gasteiger partial charge in [0.05, 0.1) is 0 Å². The molecule has 3 heteroatoms. The Morgan fingerprint density at radius 2 is 1.81 bits per heavy atom. The van der Waals surface area contributed by atoms with Crippen molar-refractivity contribution < 1.29 is 4.39 Å². The summed E-state index contributed by atoms with van der Waals surface area (Å²) in [5.41, 5.74) is 7.47. The van der Waals surface area contributed by atoms with Crippen molar-refractivity contribution in [3.05, 3.63) is 24.0 Å². The molecular formula is C13H19FN2. The Balaban J connectivity index is 2.14. The van der Waals surface area contributed by atoms with Gasteiger partial charge in [0.15, 0.2) is 0 Å². The van der Waals surface area contributed by atoms with E-state index in [4.69, 9.17) is 5.73 Å². The van der Waals surface area contributed by atoms with Crippen molar-refractivity contribution in [2.24, 2.45) is 5.41 Å². The van der Waals surface area contributed by atoms with E-state index >= 15 is 0 Å². The molecule has 1 aromatic carbocycles. The van der Waals surface area contributed by atoms with E-state index in [-0.39, 0.29) is 5.82 Å². The molecule has 2 N–H and O–H groups in total. The second kappa shape index (κ2) is 3.96. The Kier molecular flexibility index (Phi) is 2.78. The van der Waals surface area contributed by atoms with Crippen LogP contribution < -0.4 is 10.6 Å². The maximum Gasteiger partial charge on any atom is 0.127 e. The Bertz CT molecular complexity index is 357. The second-order valence-corrected chi connectivity index (χ2v) is 5.39. The number of nitrogens with zero attached hydrogens (tertiary/aromatic N) is 1. The lowest BCUT2D eigenvalue weighted by molar-refractivity contribution is 0.280. The number of halogens is 1. The Hall–Kier alpha value is -1.25. The average Bonchev–Trinajstić information content (AvgIpc) is 2.15. The summed E-state index contributed by atoms with van der Waals surface area (Å²) in [4.78, 5) is 2.21. The van der Waals surface area contributed by atoms with E-state index < -0.39 is 0 Å². The number of benzene rings is 1. The molecule has 0 bridgehead atoms. The molecule has 0 aromatic heterocycles. The van der Waals surface area contributed by atoms with Gasteiger partial charge in [0.2, 0.25) is 0 Å². The van der Waals surface area contributed by atoms with E-state index in [1.165, 1.54) is 6.07 Å². The SMILES string of the molecule is CC1(C)CCN(c2cc(N)cc(F)c2)CC1. The summed E-state index contributed by atoms with van der Waals surface area (Å²) < 4.78 is 13.2. The van der Waals surface area contributed by atoms with Crippen molar-refractivity contribution in [3.8, 4) is 0 Å². The normalized spacial score (nSPS) is 19.8. The van der Waals surface area contributed by atoms with Crippen molar-refractivity contribution in [1.82, 2.24) is 0 Å². The lowest BCUT2D eigenvalue weighted by atomic mass is 9.82. The zero-order valence-electron chi connectivity index (χ0n) is 9.96. The van der Waals surface area contributed by atoms with Gasteiger partial charge >= 0.3 is 0 Å². The van der Waals surface area contributed by atoms with Gasteiger partial charge in [0.25, 0.3) is 0 Å². The third-order valence-electron chi connectivity index (χ3n) is 3.39. The first kappa shape index (κ1) is 11.2. The molecule has 2 nitrogen and oxygen atoms in total. The van der Waals surface area contributed by atoms with Crippen molar-refractivity contribution in [2.75, 3.05) is 23.7 Å². The summed E-state index contributed by atoms with van der Waals surface area (Å²) in [6.45, 7) is 6.53. The minimum absolute atomic E-state index is 0.250. The Labute approximate surface area is 96.2 Å². The third kappa shape index (κ3) is 2.46. The number of hydrogen-bond donors (Lipinski definition) is 1. The molecule has 0 atom stereocenters. The van der Waals surface area contributed by atoms with Crippen LogP contribution in [0, 0.1) is 11.2 Å². The molecule has 88 valence electrons. The molecular weight excluding hydrogens is 203 g/mol. The first-order valence-electron chi connectivity index (χ1n) is 5.77. The van der Waals surface area contributed by atoms with Gasteiger partial charge in [-0.25, -0.2) is 4.39 Å². The van der Waals surface area contributed by atoms with Gasteiger partial charge in [-0.15, -0.1) is 0 Å². The van der Waals surface area contributed by atoms with Crippen molar-refractivity contribution in [2.45, 2.75) is 26.7 Å². The van der Waals surface area contributed by atoms with E-state index in [0.717, 1.165) is 31.6 Å². The number of anilines is 2. The van der Waals surface area contributed by atoms with Crippen LogP contribution in [0.25, 0.3) is 0 Å². The molecule has 0 radical (unpaired) electrons. The largest absolute Gasteiger partial charge is 0.399 e. The first-order chi connectivity index (χ1) is 7.46. The fraction of sp³-hybridized carbons (Fsp3) is 0.538. The van der Waals surface area contributed by atoms with Gasteiger partial charge in [-0.2, -0.15) is 0 Å². The van der Waals surface area contributed by atoms with Gasteiger partial charge in [0.1, 0.15) is 5.82 Å². The third-order valence-corrected chi connectivity index (χ3v) is 3.39. The van der Waals surface area contributed by atoms with E-state index in [1.54, 1.807) is 6.07 Å². The number of nitrogens with two attached hydrogens (primary N) is 1. The van der Waals surface area contributed by atoms with Crippen molar-refractivity contribution >= 4 is 11.4 Å². The van der Waals surface area contributed by atoms with Crippen LogP contribution in [0.1, 0.15) is 26.7 Å². The fourth-order valence-corrected chi connectivity index (χ4v) is 2.15. The van der Waals surface area contributed by atoms with Crippen LogP contribution in [0.5, 0.6) is 0 Å². The van der Waals surface area contributed by atoms with E-state index in [0.29, 0.717) is 11.1 Å². The smallest absolute Gasteiger partial charge is 0.127 e. The highest BCUT2D eigenvalue weighted by Gasteiger charge is 2.25. The van der Waals surface area contributed by atoms with Crippen LogP contribution in [0.4, 0.5) is 15.8 Å². The highest BCUT2D eigenvalue weighted by Crippen LogP contribution is 2.32. The maximum absolute atomic E-state index is 13.2. The fourth-order valence-electron chi connectivity index (χ4n) is 2.15. The zero-order valence-corrected chi connectivity index (χ0v) is 9.96. The minimum Gasteiger partial charge on any atom is -0.399 e. The van der Waals surface area contributed by atoms with Crippen LogP contribution >= 0.6 is 0 Å². The monoisotopic (exact) mass is 222 g/mol. The zero-order chi connectivity index (χ0) is 11.8. The summed E-state index contributed by atoms with van der Waals surface area (Å²) in [5, 5.41) is 0. The molecule has 1 fully saturated rings. The average molecular weight is 222 g/mol. The highest BCUT2D eigenvalue weighted by atomic mass is 19.1. The van der Waals surface area contributed by atoms with Crippen LogP contribution in [-0.4, -0.2) is 13.1 Å². The number of hydrogen-bond acceptors (Lipinski definition) is 2. The van der Waals surface area contributed by atoms with Gasteiger partial charge in [0, 0.05) is 24.5 Å². The molecule has 1 aromatic rings. The van der Waals surface area contributed by atoms with E-state index in [1.807, 2.05) is 6.07 Å². The molecule has 2 rings (SSSR count). The number of nitrogen functional groups attached to an aromatic ring is 1. The number of piperidine rings is 1. The standard InChI is InChI=1S/C13H19FN2/c1-13(2)3-5-16(6-4-13)12-8-10(14)7-11(15)9-12/h7-9H,3-6,15H2,1-2H3. The van der Waals surface area contributed by atoms with Crippen molar-refractivity contribution in [3.63, 3.8) is 0 Å². The second-order valence-electron chi connectivity index (χ2n) is 5.39. The quantitative estimate of drug-likeness (QED) is 0.740. The predicted molar refractivity (Wildman–Crippen MR) is 66.0 cm³/mol. The van der Waals surface area contributed by atoms with Crippen LogP contribution in [0.3, 0.4) is 0 Å². The summed E-state index contributed by atoms with van der Waals surface area (Å²) in [6, 6.07) is 4.77. The first-order valence-corrected chi connectivity index (χ1v) is 5.77. The van der Waals surface area contributed by atoms with Gasteiger partial charge in [-0.3, -0.25) is 0 Å². The van der Waals surface area contributed by atoms with Crippen LogP contribution in [-0.2, 0) is 0 Å². The van der Waals surface area contributed by atoms with Gasteiger partial charge in [-0.05, 0) is 36.5 Å². The lowest BCUT2D eigenvalue weighted by Crippen LogP contribution is -2.37. The summed E-state index contributed by atoms with van der Waals surface area (Å²) in [5.74, 6) is -0.250. The molecule has 1 heterocycles. The van der Waals surface area contributed by atoms with Gasteiger partial charge in [-0.1, -0.05) is 13.8 Å². The summed E-state index contributed by atoms with van der Waals surface area (Å²) >= 11 is 0. The summed E-state index contributed by atoms with van der Waals surface area (Å²) in [6.07, 6.45) is 2.28. The highest BCUT2D eigenvalue weighted by molar-refractivity contribution is 5.56. The maximum atomic E-state index is 13.2. The predicted octanol–water partition coefficient (Wildman–Crippen LogP) is 3.03. The summed E-state index contributed by atoms with van der Waals surface area (Å²) in [7, 11) is 0. The minimum atomic E-state index is -0.250. The molecule has 16 heavy (non-hydrogen) atoms. The van der Waals surface area contributed by atoms with E-state index in [9.17, 15) is 4.39 Å². The molecule has 1 aliphatic heterocycles. The molecule has 0 amide bonds.